The van der Waals surface area contributed by atoms with Gasteiger partial charge in [-0.2, -0.15) is 0 Å². The zero-order chi connectivity index (χ0) is 47.6. The van der Waals surface area contributed by atoms with E-state index in [1.807, 2.05) is 25.2 Å². The molecule has 0 saturated heterocycles. The highest BCUT2D eigenvalue weighted by Crippen LogP contribution is 2.39. The van der Waals surface area contributed by atoms with Crippen LogP contribution in [0, 0.1) is 0 Å². The normalized spacial score (nSPS) is 16.1. The zero-order valence-electron chi connectivity index (χ0n) is 37.4. The van der Waals surface area contributed by atoms with Gasteiger partial charge in [0.2, 0.25) is 21.8 Å². The van der Waals surface area contributed by atoms with E-state index in [2.05, 4.69) is 54.6 Å². The predicted octanol–water partition coefficient (Wildman–Crippen LogP) is 6.77. The highest BCUT2D eigenvalue weighted by molar-refractivity contribution is 7.97. The number of sulfonamides is 1. The third-order valence-corrected chi connectivity index (χ3v) is 14.5. The number of nitrogens with zero attached hydrogens (tertiary/aromatic N) is 1. The fourth-order valence-corrected chi connectivity index (χ4v) is 10.8. The molecule has 364 valence electrons. The first kappa shape index (κ1) is 53.3. The van der Waals surface area contributed by atoms with E-state index in [-0.39, 0.29) is 80.9 Å². The topological polar surface area (TPSA) is 169 Å². The van der Waals surface area contributed by atoms with Crippen LogP contribution >= 0.6 is 58.4 Å². The van der Waals surface area contributed by atoms with Gasteiger partial charge in [0.25, 0.3) is 0 Å². The summed E-state index contributed by atoms with van der Waals surface area (Å²) in [6.07, 6.45) is 0.106. The maximum absolute atomic E-state index is 13.1. The number of likely N-dealkylation sites (N-methyl/N-ethyl adjacent to an activating group) is 1. The number of hydrogen-bond donors (Lipinski definition) is 5. The van der Waals surface area contributed by atoms with Gasteiger partial charge in [0, 0.05) is 102 Å². The molecule has 14 nitrogen and oxygen atoms in total. The molecule has 2 amide bonds. The average Bonchev–Trinajstić information content (AvgIpc) is 3.30. The Morgan fingerprint density at radius 1 is 0.687 bits per heavy atom. The molecule has 0 spiro atoms. The Morgan fingerprint density at radius 2 is 1.24 bits per heavy atom. The van der Waals surface area contributed by atoms with E-state index >= 15 is 0 Å². The lowest BCUT2D eigenvalue weighted by atomic mass is 9.85. The van der Waals surface area contributed by atoms with Crippen LogP contribution in [0.3, 0.4) is 0 Å². The van der Waals surface area contributed by atoms with E-state index in [0.29, 0.717) is 72.7 Å². The van der Waals surface area contributed by atoms with Crippen LogP contribution in [-0.4, -0.2) is 124 Å². The van der Waals surface area contributed by atoms with Gasteiger partial charge in [0.15, 0.2) is 0 Å². The third kappa shape index (κ3) is 16.8. The number of carbonyl (C=O) groups is 2. The van der Waals surface area contributed by atoms with E-state index in [4.69, 9.17) is 65.4 Å². The molecule has 0 aliphatic carbocycles. The van der Waals surface area contributed by atoms with Crippen LogP contribution in [0.2, 0.25) is 20.1 Å². The first-order chi connectivity index (χ1) is 32.4. The van der Waals surface area contributed by atoms with Crippen molar-refractivity contribution in [3.05, 3.63) is 126 Å². The number of halogens is 4. The smallest absolute Gasteiger partial charge is 0.240 e. The number of benzene rings is 4. The lowest BCUT2D eigenvalue weighted by Gasteiger charge is -2.33. The Hall–Kier alpha value is -3.04. The molecule has 4 aromatic carbocycles. The number of hydrogen-bond acceptors (Lipinski definition) is 12. The molecular formula is C47H58Cl4N6O8S2. The Bertz CT molecular complexity index is 2390. The molecule has 6 rings (SSSR count). The molecule has 0 saturated carbocycles. The molecule has 5 N–H and O–H groups in total. The summed E-state index contributed by atoms with van der Waals surface area (Å²) in [5.74, 6) is -0.422. The summed E-state index contributed by atoms with van der Waals surface area (Å²) in [6.45, 7) is 6.86. The van der Waals surface area contributed by atoms with Crippen molar-refractivity contribution in [2.45, 2.75) is 47.6 Å². The van der Waals surface area contributed by atoms with Crippen LogP contribution in [0.1, 0.15) is 58.1 Å². The molecule has 2 atom stereocenters. The fourth-order valence-electron chi connectivity index (χ4n) is 7.85. The first-order valence-corrected chi connectivity index (χ1v) is 26.0. The molecule has 2 aliphatic heterocycles. The van der Waals surface area contributed by atoms with E-state index in [9.17, 15) is 18.0 Å². The molecular weight excluding hydrogens is 982 g/mol. The van der Waals surface area contributed by atoms with Gasteiger partial charge in [-0.25, -0.2) is 13.1 Å². The molecule has 2 heterocycles. The van der Waals surface area contributed by atoms with Gasteiger partial charge in [0.1, 0.15) is 0 Å². The molecule has 0 fully saturated rings. The van der Waals surface area contributed by atoms with Crippen LogP contribution in [0.4, 0.5) is 0 Å². The third-order valence-electron chi connectivity index (χ3n) is 11.1. The number of ether oxygens (including phenoxy) is 4. The van der Waals surface area contributed by atoms with Crippen LogP contribution in [0.25, 0.3) is 0 Å². The van der Waals surface area contributed by atoms with Gasteiger partial charge in [-0.1, -0.05) is 70.7 Å². The first-order valence-electron chi connectivity index (χ1n) is 22.2. The Labute approximate surface area is 418 Å². The molecule has 67 heavy (non-hydrogen) atoms. The van der Waals surface area contributed by atoms with Crippen molar-refractivity contribution in [3.63, 3.8) is 0 Å². The van der Waals surface area contributed by atoms with Crippen LogP contribution in [0.15, 0.2) is 82.6 Å². The quantitative estimate of drug-likeness (QED) is 0.0315. The molecule has 0 radical (unpaired) electrons. The average molecular weight is 1040 g/mol. The van der Waals surface area contributed by atoms with Crippen molar-refractivity contribution in [1.82, 2.24) is 30.3 Å². The minimum Gasteiger partial charge on any atom is -0.378 e. The fraction of sp³-hybridized carbons (Fsp3) is 0.447. The van der Waals surface area contributed by atoms with E-state index < -0.39 is 10.0 Å². The van der Waals surface area contributed by atoms with Crippen molar-refractivity contribution >= 4 is 80.2 Å². The summed E-state index contributed by atoms with van der Waals surface area (Å²) in [4.78, 5) is 27.8. The largest absolute Gasteiger partial charge is 0.378 e. The number of fused-ring (bicyclic) bond motifs is 2. The molecule has 20 heteroatoms. The minimum absolute atomic E-state index is 0.0500. The van der Waals surface area contributed by atoms with Crippen molar-refractivity contribution in [1.29, 1.82) is 0 Å². The van der Waals surface area contributed by atoms with Gasteiger partial charge in [0.05, 0.1) is 57.8 Å². The summed E-state index contributed by atoms with van der Waals surface area (Å²) < 4.78 is 54.4. The van der Waals surface area contributed by atoms with Crippen molar-refractivity contribution in [3.8, 4) is 0 Å². The predicted molar refractivity (Wildman–Crippen MR) is 265 cm³/mol. The summed E-state index contributed by atoms with van der Waals surface area (Å²) in [5, 5.41) is 11.4. The molecule has 0 bridgehead atoms. The minimum atomic E-state index is -3.79. The molecule has 0 aromatic heterocycles. The second kappa shape index (κ2) is 27.4. The summed E-state index contributed by atoms with van der Waals surface area (Å²) >= 11 is 27.2. The molecule has 2 aliphatic rings. The maximum Gasteiger partial charge on any atom is 0.240 e. The standard InChI is InChI=1S/C47H58Cl4N6O8S2/c1-57-30-42(39-25-35(49)27-45(51)43(39)31-57)33-5-3-7-37(23-33)67(60,61)56-13-17-65-21-19-63-15-11-54-47(59)9-8-46(58)53-10-14-62-18-20-64-16-12-55-66-36-6-2-4-32(22-36)40-28-52-29-41-38(40)24-34(48)26-44(41)50/h2-7,22-27,40,42,52,55-56H,8-21,28-31H2,1H3,(H,53,58)(H,54,59). The number of nitrogens with one attached hydrogen (secondary N) is 5. The van der Waals surface area contributed by atoms with Crippen LogP contribution < -0.4 is 25.4 Å². The number of rotatable bonds is 27. The van der Waals surface area contributed by atoms with Crippen LogP contribution in [0.5, 0.6) is 0 Å². The van der Waals surface area contributed by atoms with Crippen molar-refractivity contribution in [2.75, 3.05) is 99.2 Å². The maximum atomic E-state index is 13.1. The highest BCUT2D eigenvalue weighted by atomic mass is 35.5. The SMILES string of the molecule is CN1Cc2c(Cl)cc(Cl)cc2C(c2cccc(S(=O)(=O)NCCOCCOCCNC(=O)CCC(=O)NCCOCCOCCNSc3cccc(C4CNCc5c(Cl)cc(Cl)cc54)c3)c2)C1. The lowest BCUT2D eigenvalue weighted by molar-refractivity contribution is -0.126. The summed E-state index contributed by atoms with van der Waals surface area (Å²) in [6, 6.07) is 22.8. The van der Waals surface area contributed by atoms with Gasteiger partial charge in [-0.15, -0.1) is 0 Å². The molecule has 2 unspecified atom stereocenters. The van der Waals surface area contributed by atoms with Gasteiger partial charge in [-0.05, 0) is 101 Å². The van der Waals surface area contributed by atoms with E-state index in [1.54, 1.807) is 42.3 Å². The van der Waals surface area contributed by atoms with E-state index in [0.717, 1.165) is 40.2 Å². The van der Waals surface area contributed by atoms with Gasteiger partial charge in [-0.3, -0.25) is 14.3 Å². The summed E-state index contributed by atoms with van der Waals surface area (Å²) in [7, 11) is -1.78. The second-order valence-electron chi connectivity index (χ2n) is 16.0. The Kier molecular flexibility index (Phi) is 21.8. The zero-order valence-corrected chi connectivity index (χ0v) is 42.0. The molecule has 4 aromatic rings. The Balaban J connectivity index is 0.721. The second-order valence-corrected chi connectivity index (χ2v) is 20.5. The van der Waals surface area contributed by atoms with Gasteiger partial charge >= 0.3 is 0 Å². The number of amides is 2. The number of carbonyl (C=O) groups excluding carboxylic acids is 2. The summed E-state index contributed by atoms with van der Waals surface area (Å²) in [5.41, 5.74) is 6.31. The van der Waals surface area contributed by atoms with Crippen LogP contribution in [-0.2, 0) is 51.6 Å². The Morgan fingerprint density at radius 3 is 1.88 bits per heavy atom. The lowest BCUT2D eigenvalue weighted by Crippen LogP contribution is -2.31. The highest BCUT2D eigenvalue weighted by Gasteiger charge is 2.28. The monoisotopic (exact) mass is 1040 g/mol. The van der Waals surface area contributed by atoms with E-state index in [1.165, 1.54) is 11.1 Å². The van der Waals surface area contributed by atoms with Crippen molar-refractivity contribution in [2.24, 2.45) is 0 Å². The van der Waals surface area contributed by atoms with Gasteiger partial charge < -0.3 is 39.8 Å². The van der Waals surface area contributed by atoms with Crippen molar-refractivity contribution < 1.29 is 37.0 Å².